The zero-order valence-electron chi connectivity index (χ0n) is 6.53. The molecule has 0 atom stereocenters. The number of hydrogen-bond donors (Lipinski definition) is 0. The number of carbonyl (C=O) groups excluding carboxylic acids is 1. The lowest BCUT2D eigenvalue weighted by Gasteiger charge is -2.20. The van der Waals surface area contributed by atoms with E-state index in [-0.39, 0.29) is 0 Å². The molecule has 0 N–H and O–H groups in total. The smallest absolute Gasteiger partial charge is 0.300 e. The van der Waals surface area contributed by atoms with Gasteiger partial charge in [-0.3, -0.25) is 9.69 Å². The van der Waals surface area contributed by atoms with Crippen LogP contribution in [0.4, 0.5) is 5.69 Å². The van der Waals surface area contributed by atoms with Crippen molar-refractivity contribution < 1.29 is 4.79 Å². The fourth-order valence-electron chi connectivity index (χ4n) is 1.34. The topological polar surface area (TPSA) is 20.3 Å². The number of benzene rings is 1. The Morgan fingerprint density at radius 1 is 1.33 bits per heavy atom. The zero-order valence-corrected chi connectivity index (χ0v) is 6.53. The second-order valence-electron chi connectivity index (χ2n) is 2.66. The summed E-state index contributed by atoms with van der Waals surface area (Å²) < 4.78 is 0. The summed E-state index contributed by atoms with van der Waals surface area (Å²) in [6, 6.07) is 7.78. The molecule has 0 unspecified atom stereocenters. The van der Waals surface area contributed by atoms with Crippen LogP contribution in [0.5, 0.6) is 0 Å². The van der Waals surface area contributed by atoms with Gasteiger partial charge in [-0.2, -0.15) is 0 Å². The van der Waals surface area contributed by atoms with Crippen LogP contribution >= 0.6 is 0 Å². The van der Waals surface area contributed by atoms with E-state index in [1.165, 1.54) is 0 Å². The minimum Gasteiger partial charge on any atom is -0.300 e. The first kappa shape index (κ1) is 7.10. The summed E-state index contributed by atoms with van der Waals surface area (Å²) in [5.41, 5.74) is 2.02. The normalized spacial score (nSPS) is 14.2. The van der Waals surface area contributed by atoms with Gasteiger partial charge in [-0.25, -0.2) is 0 Å². The van der Waals surface area contributed by atoms with Gasteiger partial charge in [0.25, 0.3) is 0 Å². The average molecular weight is 158 g/mol. The van der Waals surface area contributed by atoms with E-state index in [2.05, 4.69) is 0 Å². The van der Waals surface area contributed by atoms with Gasteiger partial charge in [0.15, 0.2) is 0 Å². The van der Waals surface area contributed by atoms with E-state index in [0.29, 0.717) is 6.54 Å². The highest BCUT2D eigenvalue weighted by Gasteiger charge is 2.10. The van der Waals surface area contributed by atoms with Gasteiger partial charge in [-0.15, -0.1) is 0 Å². The first-order chi connectivity index (χ1) is 5.92. The molecule has 0 bridgehead atoms. The zero-order chi connectivity index (χ0) is 8.39. The molecule has 0 spiro atoms. The quantitative estimate of drug-likeness (QED) is 0.607. The summed E-state index contributed by atoms with van der Waals surface area (Å²) in [6.07, 6.45) is 5.86. The van der Waals surface area contributed by atoms with Crippen molar-refractivity contribution >= 4 is 18.2 Å². The third-order valence-corrected chi connectivity index (χ3v) is 1.92. The number of amides is 1. The van der Waals surface area contributed by atoms with E-state index in [4.69, 9.17) is 0 Å². The number of para-hydroxylation sites is 1. The Balaban J connectivity index is 2.52. The van der Waals surface area contributed by atoms with Crippen LogP contribution in [0.15, 0.2) is 30.3 Å². The SMILES string of the molecule is O=[C]N1CC=Cc2ccccc21. The second kappa shape index (κ2) is 2.81. The largest absolute Gasteiger partial charge is 0.317 e. The van der Waals surface area contributed by atoms with Crippen molar-refractivity contribution in [3.8, 4) is 0 Å². The molecule has 1 heterocycles. The monoisotopic (exact) mass is 158 g/mol. The van der Waals surface area contributed by atoms with Gasteiger partial charge < -0.3 is 0 Å². The van der Waals surface area contributed by atoms with Crippen LogP contribution in [0.3, 0.4) is 0 Å². The van der Waals surface area contributed by atoms with Crippen molar-refractivity contribution in [2.24, 2.45) is 0 Å². The number of nitrogens with zero attached hydrogens (tertiary/aromatic N) is 1. The fraction of sp³-hybridized carbons (Fsp3) is 0.100. The van der Waals surface area contributed by atoms with E-state index in [1.807, 2.05) is 42.8 Å². The Morgan fingerprint density at radius 3 is 3.00 bits per heavy atom. The molecule has 1 amide bonds. The lowest BCUT2D eigenvalue weighted by Crippen LogP contribution is -2.23. The van der Waals surface area contributed by atoms with Crippen LogP contribution in [0, 0.1) is 0 Å². The molecule has 0 aromatic heterocycles. The van der Waals surface area contributed by atoms with Crippen LogP contribution in [-0.2, 0) is 4.79 Å². The summed E-state index contributed by atoms with van der Waals surface area (Å²) in [5.74, 6) is 0. The second-order valence-corrected chi connectivity index (χ2v) is 2.66. The van der Waals surface area contributed by atoms with Crippen LogP contribution in [0.1, 0.15) is 5.56 Å². The summed E-state index contributed by atoms with van der Waals surface area (Å²) in [6.45, 7) is 0.626. The van der Waals surface area contributed by atoms with Crippen molar-refractivity contribution in [3.05, 3.63) is 35.9 Å². The molecule has 0 fully saturated rings. The predicted molar refractivity (Wildman–Crippen MR) is 48.5 cm³/mol. The molecular weight excluding hydrogens is 150 g/mol. The van der Waals surface area contributed by atoms with E-state index in [1.54, 1.807) is 4.90 Å². The van der Waals surface area contributed by atoms with E-state index < -0.39 is 0 Å². The summed E-state index contributed by atoms with van der Waals surface area (Å²) >= 11 is 0. The number of rotatable bonds is 1. The summed E-state index contributed by atoms with van der Waals surface area (Å²) in [5, 5.41) is 0. The van der Waals surface area contributed by atoms with E-state index >= 15 is 0 Å². The maximum atomic E-state index is 10.5. The van der Waals surface area contributed by atoms with Gasteiger partial charge in [0.1, 0.15) is 0 Å². The van der Waals surface area contributed by atoms with Crippen molar-refractivity contribution in [1.82, 2.24) is 0 Å². The summed E-state index contributed by atoms with van der Waals surface area (Å²) in [7, 11) is 0. The maximum absolute atomic E-state index is 10.5. The fourth-order valence-corrected chi connectivity index (χ4v) is 1.34. The lowest BCUT2D eigenvalue weighted by molar-refractivity contribution is 0.553. The van der Waals surface area contributed by atoms with Crippen LogP contribution < -0.4 is 4.90 Å². The molecule has 0 saturated carbocycles. The van der Waals surface area contributed by atoms with E-state index in [0.717, 1.165) is 11.3 Å². The van der Waals surface area contributed by atoms with Gasteiger partial charge in [0, 0.05) is 6.54 Å². The molecular formula is C10H8NO. The Hall–Kier alpha value is -1.57. The first-order valence-corrected chi connectivity index (χ1v) is 3.83. The standard InChI is InChI=1S/C10H8NO/c12-8-11-7-3-5-9-4-1-2-6-10(9)11/h1-6H,7H2. The summed E-state index contributed by atoms with van der Waals surface area (Å²) in [4.78, 5) is 12.1. The van der Waals surface area contributed by atoms with Crippen molar-refractivity contribution in [3.63, 3.8) is 0 Å². The minimum absolute atomic E-state index is 0.626. The molecule has 59 valence electrons. The molecule has 1 aromatic rings. The number of anilines is 1. The Labute approximate surface area is 71.1 Å². The maximum Gasteiger partial charge on any atom is 0.317 e. The van der Waals surface area contributed by atoms with Crippen LogP contribution in [0.25, 0.3) is 6.08 Å². The van der Waals surface area contributed by atoms with Gasteiger partial charge in [0.05, 0.1) is 5.69 Å². The third-order valence-electron chi connectivity index (χ3n) is 1.92. The predicted octanol–water partition coefficient (Wildman–Crippen LogP) is 1.59. The van der Waals surface area contributed by atoms with Crippen molar-refractivity contribution in [2.75, 3.05) is 11.4 Å². The minimum atomic E-state index is 0.626. The Morgan fingerprint density at radius 2 is 2.17 bits per heavy atom. The molecule has 12 heavy (non-hydrogen) atoms. The van der Waals surface area contributed by atoms with Crippen molar-refractivity contribution in [2.45, 2.75) is 0 Å². The molecule has 0 saturated heterocycles. The third kappa shape index (κ3) is 1.01. The molecule has 2 nitrogen and oxygen atoms in total. The average Bonchev–Trinajstić information content (AvgIpc) is 2.17. The molecule has 0 aliphatic carbocycles. The Bertz CT molecular complexity index is 330. The highest BCUT2D eigenvalue weighted by molar-refractivity contribution is 5.84. The highest BCUT2D eigenvalue weighted by Crippen LogP contribution is 2.23. The van der Waals surface area contributed by atoms with E-state index in [9.17, 15) is 4.79 Å². The molecule has 1 radical (unpaired) electrons. The van der Waals surface area contributed by atoms with Crippen LogP contribution in [0.2, 0.25) is 0 Å². The Kier molecular flexibility index (Phi) is 1.67. The van der Waals surface area contributed by atoms with Crippen LogP contribution in [-0.4, -0.2) is 13.0 Å². The first-order valence-electron chi connectivity index (χ1n) is 3.83. The highest BCUT2D eigenvalue weighted by atomic mass is 16.1. The number of fused-ring (bicyclic) bond motifs is 1. The van der Waals surface area contributed by atoms with Crippen molar-refractivity contribution in [1.29, 1.82) is 0 Å². The van der Waals surface area contributed by atoms with Gasteiger partial charge in [-0.1, -0.05) is 30.4 Å². The molecule has 2 heteroatoms. The molecule has 1 aliphatic rings. The van der Waals surface area contributed by atoms with Gasteiger partial charge in [0.2, 0.25) is 0 Å². The molecule has 1 aromatic carbocycles. The lowest BCUT2D eigenvalue weighted by atomic mass is 10.1. The van der Waals surface area contributed by atoms with Gasteiger partial charge in [-0.05, 0) is 11.6 Å². The molecule has 2 rings (SSSR count). The van der Waals surface area contributed by atoms with Gasteiger partial charge >= 0.3 is 6.41 Å². The number of hydrogen-bond acceptors (Lipinski definition) is 1. The molecule has 1 aliphatic heterocycles.